The summed E-state index contributed by atoms with van der Waals surface area (Å²) in [5.41, 5.74) is 0.922. The molecule has 0 aromatic carbocycles. The van der Waals surface area contributed by atoms with Crippen LogP contribution < -0.4 is 4.90 Å². The summed E-state index contributed by atoms with van der Waals surface area (Å²) in [6.45, 7) is 4.62. The highest BCUT2D eigenvalue weighted by molar-refractivity contribution is 5.77. The zero-order chi connectivity index (χ0) is 12.7. The average Bonchev–Trinajstić information content (AvgIpc) is 2.35. The van der Waals surface area contributed by atoms with Gasteiger partial charge in [0.1, 0.15) is 6.04 Å². The van der Waals surface area contributed by atoms with E-state index >= 15 is 0 Å². The molecule has 4 heteroatoms. The lowest BCUT2D eigenvalue weighted by molar-refractivity contribution is -0.138. The second-order valence-electron chi connectivity index (χ2n) is 4.12. The fourth-order valence-electron chi connectivity index (χ4n) is 1.75. The van der Waals surface area contributed by atoms with E-state index in [1.807, 2.05) is 17.0 Å². The quantitative estimate of drug-likeness (QED) is 0.739. The minimum Gasteiger partial charge on any atom is -0.480 e. The molecule has 1 rings (SSSR count). The molecule has 4 nitrogen and oxygen atoms in total. The van der Waals surface area contributed by atoms with Crippen LogP contribution in [0.3, 0.4) is 0 Å². The molecule has 0 saturated heterocycles. The Hall–Kier alpha value is -1.58. The minimum absolute atomic E-state index is 0.505. The summed E-state index contributed by atoms with van der Waals surface area (Å²) in [7, 11) is 0. The third-order valence-corrected chi connectivity index (χ3v) is 2.82. The van der Waals surface area contributed by atoms with Crippen molar-refractivity contribution >= 4 is 11.7 Å². The summed E-state index contributed by atoms with van der Waals surface area (Å²) in [6, 6.07) is 3.20. The first-order valence-electron chi connectivity index (χ1n) is 6.06. The first kappa shape index (κ1) is 13.5. The van der Waals surface area contributed by atoms with E-state index < -0.39 is 12.0 Å². The standard InChI is InChI=1S/C13H20N2O2/c1-3-4-5-10-15(11(2)13(16)17)12-6-8-14-9-7-12/h6-9,11H,3-5,10H2,1-2H3,(H,16,17)/t11-/m0/s1. The number of unbranched alkanes of at least 4 members (excludes halogenated alkanes) is 2. The molecule has 0 radical (unpaired) electrons. The molecule has 0 bridgehead atoms. The largest absolute Gasteiger partial charge is 0.480 e. The lowest BCUT2D eigenvalue weighted by Crippen LogP contribution is -2.39. The molecule has 1 aromatic heterocycles. The Balaban J connectivity index is 2.75. The minimum atomic E-state index is -0.793. The van der Waals surface area contributed by atoms with Gasteiger partial charge >= 0.3 is 5.97 Å². The molecule has 94 valence electrons. The number of carboxylic acids is 1. The van der Waals surface area contributed by atoms with Crippen molar-refractivity contribution in [1.82, 2.24) is 4.98 Å². The number of carbonyl (C=O) groups is 1. The van der Waals surface area contributed by atoms with Crippen molar-refractivity contribution in [2.45, 2.75) is 39.2 Å². The molecule has 0 unspecified atom stereocenters. The van der Waals surface area contributed by atoms with Crippen LogP contribution in [0.1, 0.15) is 33.1 Å². The van der Waals surface area contributed by atoms with Crippen LogP contribution in [0.5, 0.6) is 0 Å². The maximum atomic E-state index is 11.1. The molecule has 1 atom stereocenters. The first-order valence-corrected chi connectivity index (χ1v) is 6.06. The molecule has 17 heavy (non-hydrogen) atoms. The van der Waals surface area contributed by atoms with Crippen molar-refractivity contribution in [2.75, 3.05) is 11.4 Å². The summed E-state index contributed by atoms with van der Waals surface area (Å²) < 4.78 is 0. The van der Waals surface area contributed by atoms with E-state index in [1.54, 1.807) is 19.3 Å². The molecule has 0 saturated carbocycles. The van der Waals surface area contributed by atoms with E-state index in [9.17, 15) is 4.79 Å². The summed E-state index contributed by atoms with van der Waals surface area (Å²) >= 11 is 0. The molecule has 0 amide bonds. The van der Waals surface area contributed by atoms with Crippen LogP contribution in [0.2, 0.25) is 0 Å². The molecule has 1 aromatic rings. The van der Waals surface area contributed by atoms with Gasteiger partial charge in [0.25, 0.3) is 0 Å². The molecule has 1 heterocycles. The third-order valence-electron chi connectivity index (χ3n) is 2.82. The second kappa shape index (κ2) is 6.89. The number of pyridine rings is 1. The van der Waals surface area contributed by atoms with Crippen molar-refractivity contribution in [3.05, 3.63) is 24.5 Å². The molecule has 1 N–H and O–H groups in total. The summed E-state index contributed by atoms with van der Waals surface area (Å²) in [4.78, 5) is 17.0. The van der Waals surface area contributed by atoms with Crippen LogP contribution in [-0.2, 0) is 4.79 Å². The Morgan fingerprint density at radius 3 is 2.59 bits per heavy atom. The van der Waals surface area contributed by atoms with E-state index in [0.717, 1.165) is 31.5 Å². The Labute approximate surface area is 102 Å². The zero-order valence-electron chi connectivity index (χ0n) is 10.5. The number of hydrogen-bond acceptors (Lipinski definition) is 3. The number of nitrogens with zero attached hydrogens (tertiary/aromatic N) is 2. The number of carboxylic acid groups (broad SMARTS) is 1. The van der Waals surface area contributed by atoms with Crippen molar-refractivity contribution in [3.8, 4) is 0 Å². The van der Waals surface area contributed by atoms with Gasteiger partial charge in [0.05, 0.1) is 0 Å². The molecule has 0 aliphatic carbocycles. The van der Waals surface area contributed by atoms with E-state index in [0.29, 0.717) is 0 Å². The first-order chi connectivity index (χ1) is 8.16. The molecular formula is C13H20N2O2. The normalized spacial score (nSPS) is 12.1. The summed E-state index contributed by atoms with van der Waals surface area (Å²) in [5.74, 6) is -0.793. The highest BCUT2D eigenvalue weighted by Gasteiger charge is 2.20. The van der Waals surface area contributed by atoms with Crippen LogP contribution in [0, 0.1) is 0 Å². The van der Waals surface area contributed by atoms with Crippen molar-refractivity contribution in [3.63, 3.8) is 0 Å². The van der Waals surface area contributed by atoms with Crippen LogP contribution >= 0.6 is 0 Å². The van der Waals surface area contributed by atoms with Crippen molar-refractivity contribution in [1.29, 1.82) is 0 Å². The van der Waals surface area contributed by atoms with Crippen LogP contribution in [0.4, 0.5) is 5.69 Å². The van der Waals surface area contributed by atoms with Crippen LogP contribution in [0.25, 0.3) is 0 Å². The summed E-state index contributed by atoms with van der Waals surface area (Å²) in [5, 5.41) is 9.11. The lowest BCUT2D eigenvalue weighted by atomic mass is 10.2. The Morgan fingerprint density at radius 1 is 1.41 bits per heavy atom. The molecule has 0 fully saturated rings. The predicted octanol–water partition coefficient (Wildman–Crippen LogP) is 2.55. The maximum Gasteiger partial charge on any atom is 0.326 e. The number of aliphatic carboxylic acids is 1. The lowest BCUT2D eigenvalue weighted by Gasteiger charge is -2.28. The van der Waals surface area contributed by atoms with Gasteiger partial charge in [-0.15, -0.1) is 0 Å². The van der Waals surface area contributed by atoms with Crippen molar-refractivity contribution < 1.29 is 9.90 Å². The van der Waals surface area contributed by atoms with Gasteiger partial charge in [0.15, 0.2) is 0 Å². The smallest absolute Gasteiger partial charge is 0.326 e. The topological polar surface area (TPSA) is 53.4 Å². The Morgan fingerprint density at radius 2 is 2.06 bits per heavy atom. The van der Waals surface area contributed by atoms with E-state index in [4.69, 9.17) is 5.11 Å². The summed E-state index contributed by atoms with van der Waals surface area (Å²) in [6.07, 6.45) is 6.64. The van der Waals surface area contributed by atoms with E-state index in [2.05, 4.69) is 11.9 Å². The second-order valence-corrected chi connectivity index (χ2v) is 4.12. The van der Waals surface area contributed by atoms with Gasteiger partial charge in [-0.3, -0.25) is 4.98 Å². The number of rotatable bonds is 7. The fraction of sp³-hybridized carbons (Fsp3) is 0.538. The predicted molar refractivity (Wildman–Crippen MR) is 68.2 cm³/mol. The molecule has 0 aliphatic rings. The van der Waals surface area contributed by atoms with Gasteiger partial charge < -0.3 is 10.0 Å². The molecular weight excluding hydrogens is 216 g/mol. The zero-order valence-corrected chi connectivity index (χ0v) is 10.5. The highest BCUT2D eigenvalue weighted by atomic mass is 16.4. The number of anilines is 1. The van der Waals surface area contributed by atoms with Gasteiger partial charge in [0, 0.05) is 24.6 Å². The highest BCUT2D eigenvalue weighted by Crippen LogP contribution is 2.17. The Kier molecular flexibility index (Phi) is 5.46. The van der Waals surface area contributed by atoms with E-state index in [-0.39, 0.29) is 0 Å². The third kappa shape index (κ3) is 4.06. The monoisotopic (exact) mass is 236 g/mol. The molecule has 0 spiro atoms. The number of aromatic nitrogens is 1. The molecule has 0 aliphatic heterocycles. The fourth-order valence-corrected chi connectivity index (χ4v) is 1.75. The SMILES string of the molecule is CCCCCN(c1ccncc1)[C@@H](C)C(=O)O. The van der Waals surface area contributed by atoms with E-state index in [1.165, 1.54) is 0 Å². The van der Waals surface area contributed by atoms with Gasteiger partial charge in [0.2, 0.25) is 0 Å². The van der Waals surface area contributed by atoms with Crippen LogP contribution in [0.15, 0.2) is 24.5 Å². The maximum absolute atomic E-state index is 11.1. The number of hydrogen-bond donors (Lipinski definition) is 1. The van der Waals surface area contributed by atoms with Gasteiger partial charge in [-0.2, -0.15) is 0 Å². The van der Waals surface area contributed by atoms with Crippen molar-refractivity contribution in [2.24, 2.45) is 0 Å². The Bertz CT molecular complexity index is 341. The van der Waals surface area contributed by atoms with Gasteiger partial charge in [-0.25, -0.2) is 4.79 Å². The average molecular weight is 236 g/mol. The van der Waals surface area contributed by atoms with Gasteiger partial charge in [-0.1, -0.05) is 19.8 Å². The van der Waals surface area contributed by atoms with Gasteiger partial charge in [-0.05, 0) is 25.5 Å². The van der Waals surface area contributed by atoms with Crippen LogP contribution in [-0.4, -0.2) is 28.6 Å².